The molecule has 2 aliphatic carbocycles. The van der Waals surface area contributed by atoms with Crippen LogP contribution in [0.25, 0.3) is 16.3 Å². The second-order valence-electron chi connectivity index (χ2n) is 6.49. The second kappa shape index (κ2) is 5.38. The summed E-state index contributed by atoms with van der Waals surface area (Å²) in [5.41, 5.74) is 7.49. The lowest BCUT2D eigenvalue weighted by atomic mass is 9.79. The summed E-state index contributed by atoms with van der Waals surface area (Å²) in [5, 5.41) is 4.03. The van der Waals surface area contributed by atoms with E-state index in [1.165, 1.54) is 58.2 Å². The van der Waals surface area contributed by atoms with Crippen LogP contribution in [-0.2, 0) is 6.42 Å². The summed E-state index contributed by atoms with van der Waals surface area (Å²) in [6.07, 6.45) is 9.55. The summed E-state index contributed by atoms with van der Waals surface area (Å²) in [6, 6.07) is 11.4. The van der Waals surface area contributed by atoms with Crippen LogP contribution in [0, 0.1) is 0 Å². The summed E-state index contributed by atoms with van der Waals surface area (Å²) in [7, 11) is 0. The van der Waals surface area contributed by atoms with E-state index in [4.69, 9.17) is 4.99 Å². The van der Waals surface area contributed by atoms with Gasteiger partial charge < -0.3 is 0 Å². The van der Waals surface area contributed by atoms with E-state index in [0.29, 0.717) is 0 Å². The molecule has 2 aromatic rings. The van der Waals surface area contributed by atoms with Crippen molar-refractivity contribution in [1.82, 2.24) is 0 Å². The number of fused-ring (bicyclic) bond motifs is 4. The van der Waals surface area contributed by atoms with Crippen molar-refractivity contribution in [2.24, 2.45) is 4.99 Å². The normalized spacial score (nSPS) is 19.7. The molecule has 0 bridgehead atoms. The van der Waals surface area contributed by atoms with Crippen LogP contribution in [-0.4, -0.2) is 17.3 Å². The maximum Gasteiger partial charge on any atom is 0.0984 e. The van der Waals surface area contributed by atoms with Crippen LogP contribution < -0.4 is 0 Å². The second-order valence-corrected chi connectivity index (χ2v) is 7.57. The average Bonchev–Trinajstić information content (AvgIpc) is 3.15. The first-order chi connectivity index (χ1) is 11.4. The minimum Gasteiger partial charge on any atom is -0.277 e. The molecule has 114 valence electrons. The molecule has 0 radical (unpaired) electrons. The van der Waals surface area contributed by atoms with Crippen molar-refractivity contribution in [1.29, 1.82) is 0 Å². The highest BCUT2D eigenvalue weighted by atomic mass is 32.2. The van der Waals surface area contributed by atoms with Gasteiger partial charge in [-0.1, -0.05) is 48.1 Å². The molecule has 3 aliphatic rings. The molecule has 1 heterocycles. The smallest absolute Gasteiger partial charge is 0.0984 e. The van der Waals surface area contributed by atoms with Gasteiger partial charge in [-0.05, 0) is 53.2 Å². The summed E-state index contributed by atoms with van der Waals surface area (Å²) in [4.78, 5) is 4.69. The molecular weight excluding hydrogens is 298 g/mol. The zero-order chi connectivity index (χ0) is 15.2. The van der Waals surface area contributed by atoms with E-state index in [2.05, 4.69) is 42.5 Å². The Morgan fingerprint density at radius 1 is 0.913 bits per heavy atom. The van der Waals surface area contributed by atoms with E-state index < -0.39 is 0 Å². The molecular formula is C21H19NS. The van der Waals surface area contributed by atoms with Gasteiger partial charge in [-0.2, -0.15) is 0 Å². The number of hydrogen-bond donors (Lipinski definition) is 0. The fourth-order valence-electron chi connectivity index (χ4n) is 4.15. The molecule has 0 saturated heterocycles. The predicted molar refractivity (Wildman–Crippen MR) is 101 cm³/mol. The summed E-state index contributed by atoms with van der Waals surface area (Å²) in [5.74, 6) is 1.12. The molecule has 0 unspecified atom stereocenters. The first kappa shape index (κ1) is 13.6. The Morgan fingerprint density at radius 2 is 1.91 bits per heavy atom. The van der Waals surface area contributed by atoms with E-state index in [0.717, 1.165) is 12.3 Å². The Hall–Kier alpha value is -1.80. The van der Waals surface area contributed by atoms with Gasteiger partial charge in [0.25, 0.3) is 0 Å². The van der Waals surface area contributed by atoms with Crippen LogP contribution >= 0.6 is 11.8 Å². The number of allylic oxidation sites excluding steroid dienone is 4. The number of nitrogens with zero attached hydrogens (tertiary/aromatic N) is 1. The van der Waals surface area contributed by atoms with Gasteiger partial charge in [0.2, 0.25) is 0 Å². The van der Waals surface area contributed by atoms with Gasteiger partial charge in [-0.3, -0.25) is 4.99 Å². The van der Waals surface area contributed by atoms with Gasteiger partial charge >= 0.3 is 0 Å². The minimum absolute atomic E-state index is 0.961. The summed E-state index contributed by atoms with van der Waals surface area (Å²) >= 11 is 1.90. The summed E-state index contributed by atoms with van der Waals surface area (Å²) in [6.45, 7) is 0.961. The van der Waals surface area contributed by atoms with E-state index in [9.17, 15) is 0 Å². The zero-order valence-corrected chi connectivity index (χ0v) is 14.0. The number of rotatable bonds is 1. The lowest BCUT2D eigenvalue weighted by Gasteiger charge is -2.25. The monoisotopic (exact) mass is 317 g/mol. The lowest BCUT2D eigenvalue weighted by Crippen LogP contribution is -2.07. The molecule has 1 aliphatic heterocycles. The third-order valence-electron chi connectivity index (χ3n) is 5.23. The third kappa shape index (κ3) is 2.12. The minimum atomic E-state index is 0.961. The van der Waals surface area contributed by atoms with Crippen LogP contribution in [0.2, 0.25) is 0 Å². The molecule has 0 fully saturated rings. The number of thioether (sulfide) groups is 1. The van der Waals surface area contributed by atoms with Crippen molar-refractivity contribution in [3.05, 3.63) is 64.7 Å². The van der Waals surface area contributed by atoms with Crippen molar-refractivity contribution in [3.8, 4) is 0 Å². The number of aryl methyl sites for hydroxylation is 1. The standard InChI is InChI=1S/C21H19NS/c1-2-5-15-14(4-1)8-9-18-16-6-3-7-20(21-22-12-13-23-21)19(16)11-10-17(15)18/h2-3,5-7,10-11H,1,4,8-9,12-13H2. The van der Waals surface area contributed by atoms with Crippen molar-refractivity contribution in [2.75, 3.05) is 12.3 Å². The third-order valence-corrected chi connectivity index (χ3v) is 6.24. The molecule has 0 aromatic heterocycles. The van der Waals surface area contributed by atoms with Gasteiger partial charge in [0.1, 0.15) is 0 Å². The Kier molecular flexibility index (Phi) is 3.19. The van der Waals surface area contributed by atoms with Crippen molar-refractivity contribution >= 4 is 33.2 Å². The molecule has 0 N–H and O–H groups in total. The highest BCUT2D eigenvalue weighted by Crippen LogP contribution is 2.40. The zero-order valence-electron chi connectivity index (χ0n) is 13.1. The Balaban J connectivity index is 1.75. The SMILES string of the molecule is C1=CC2=C(CC1)CCc1c2ccc2c(C3=NCCS3)cccc12. The van der Waals surface area contributed by atoms with Gasteiger partial charge in [0.05, 0.1) is 5.04 Å². The topological polar surface area (TPSA) is 12.4 Å². The molecule has 0 amide bonds. The molecule has 5 rings (SSSR count). The van der Waals surface area contributed by atoms with E-state index in [1.54, 1.807) is 11.1 Å². The number of aliphatic imine (C=N–C) groups is 1. The molecule has 2 aromatic carbocycles. The average molecular weight is 317 g/mol. The molecule has 0 atom stereocenters. The fraction of sp³-hybridized carbons (Fsp3) is 0.286. The highest BCUT2D eigenvalue weighted by Gasteiger charge is 2.22. The van der Waals surface area contributed by atoms with Crippen LogP contribution in [0.15, 0.2) is 53.0 Å². The van der Waals surface area contributed by atoms with Crippen molar-refractivity contribution in [2.45, 2.75) is 25.7 Å². The molecule has 0 spiro atoms. The van der Waals surface area contributed by atoms with Gasteiger partial charge in [-0.25, -0.2) is 0 Å². The lowest BCUT2D eigenvalue weighted by molar-refractivity contribution is 0.831. The van der Waals surface area contributed by atoms with Crippen LogP contribution in [0.1, 0.15) is 36.0 Å². The summed E-state index contributed by atoms with van der Waals surface area (Å²) < 4.78 is 0. The van der Waals surface area contributed by atoms with Gasteiger partial charge in [0, 0.05) is 17.9 Å². The van der Waals surface area contributed by atoms with Crippen molar-refractivity contribution in [3.63, 3.8) is 0 Å². The highest BCUT2D eigenvalue weighted by molar-refractivity contribution is 8.14. The first-order valence-corrected chi connectivity index (χ1v) is 9.51. The maximum absolute atomic E-state index is 4.69. The largest absolute Gasteiger partial charge is 0.277 e. The molecule has 0 saturated carbocycles. The first-order valence-electron chi connectivity index (χ1n) is 8.53. The molecule has 1 nitrogen and oxygen atoms in total. The molecule has 2 heteroatoms. The van der Waals surface area contributed by atoms with Crippen LogP contribution in [0.5, 0.6) is 0 Å². The van der Waals surface area contributed by atoms with E-state index in [1.807, 2.05) is 11.8 Å². The Labute approximate surface area is 141 Å². The Bertz CT molecular complexity index is 901. The quantitative estimate of drug-likeness (QED) is 0.687. The van der Waals surface area contributed by atoms with Crippen molar-refractivity contribution < 1.29 is 0 Å². The fourth-order valence-corrected chi connectivity index (χ4v) is 5.05. The maximum atomic E-state index is 4.69. The van der Waals surface area contributed by atoms with E-state index >= 15 is 0 Å². The van der Waals surface area contributed by atoms with Crippen LogP contribution in [0.3, 0.4) is 0 Å². The van der Waals surface area contributed by atoms with E-state index in [-0.39, 0.29) is 0 Å². The number of hydrogen-bond acceptors (Lipinski definition) is 2. The van der Waals surface area contributed by atoms with Gasteiger partial charge in [-0.15, -0.1) is 11.8 Å². The van der Waals surface area contributed by atoms with Gasteiger partial charge in [0.15, 0.2) is 0 Å². The number of benzene rings is 2. The predicted octanol–water partition coefficient (Wildman–Crippen LogP) is 5.38. The Morgan fingerprint density at radius 3 is 2.83 bits per heavy atom. The van der Waals surface area contributed by atoms with Crippen LogP contribution in [0.4, 0.5) is 0 Å². The molecule has 23 heavy (non-hydrogen) atoms.